The van der Waals surface area contributed by atoms with Gasteiger partial charge in [-0.1, -0.05) is 241 Å². The molecule has 0 saturated heterocycles. The highest BCUT2D eigenvalue weighted by atomic mass is 16.6. The molecular formula is C61H106O6. The van der Waals surface area contributed by atoms with Gasteiger partial charge in [0.1, 0.15) is 13.2 Å². The van der Waals surface area contributed by atoms with Crippen molar-refractivity contribution in [1.82, 2.24) is 0 Å². The van der Waals surface area contributed by atoms with Crippen LogP contribution in [-0.2, 0) is 28.6 Å². The van der Waals surface area contributed by atoms with Gasteiger partial charge in [-0.2, -0.15) is 0 Å². The lowest BCUT2D eigenvalue weighted by Crippen LogP contribution is -2.30. The van der Waals surface area contributed by atoms with Crippen molar-refractivity contribution in [3.05, 3.63) is 72.9 Å². The largest absolute Gasteiger partial charge is 0.462 e. The Kier molecular flexibility index (Phi) is 52.8. The minimum atomic E-state index is -0.789. The summed E-state index contributed by atoms with van der Waals surface area (Å²) in [5.74, 6) is -0.906. The van der Waals surface area contributed by atoms with Crippen molar-refractivity contribution in [2.45, 2.75) is 284 Å². The number of ether oxygens (including phenoxy) is 3. The van der Waals surface area contributed by atoms with Gasteiger partial charge in [-0.25, -0.2) is 0 Å². The smallest absolute Gasteiger partial charge is 0.306 e. The van der Waals surface area contributed by atoms with Gasteiger partial charge < -0.3 is 14.2 Å². The quantitative estimate of drug-likeness (QED) is 0.0262. The van der Waals surface area contributed by atoms with E-state index in [4.69, 9.17) is 14.2 Å². The zero-order valence-corrected chi connectivity index (χ0v) is 44.2. The molecule has 386 valence electrons. The van der Waals surface area contributed by atoms with E-state index in [1.165, 1.54) is 122 Å². The van der Waals surface area contributed by atoms with Gasteiger partial charge in [0.15, 0.2) is 6.10 Å². The average Bonchev–Trinajstić information content (AvgIpc) is 3.33. The van der Waals surface area contributed by atoms with Crippen LogP contribution < -0.4 is 0 Å². The van der Waals surface area contributed by atoms with Crippen LogP contribution in [0.5, 0.6) is 0 Å². The Morgan fingerprint density at radius 2 is 0.582 bits per heavy atom. The molecule has 67 heavy (non-hydrogen) atoms. The number of hydrogen-bond donors (Lipinski definition) is 0. The van der Waals surface area contributed by atoms with Crippen molar-refractivity contribution in [2.24, 2.45) is 0 Å². The first-order valence-corrected chi connectivity index (χ1v) is 28.4. The van der Waals surface area contributed by atoms with Crippen molar-refractivity contribution in [2.75, 3.05) is 13.2 Å². The van der Waals surface area contributed by atoms with E-state index in [2.05, 4.69) is 93.7 Å². The normalized spacial score (nSPS) is 12.6. The first-order valence-electron chi connectivity index (χ1n) is 28.4. The Balaban J connectivity index is 4.41. The van der Waals surface area contributed by atoms with Crippen molar-refractivity contribution in [3.8, 4) is 0 Å². The first-order chi connectivity index (χ1) is 33.0. The minimum Gasteiger partial charge on any atom is -0.462 e. The molecule has 0 aliphatic carbocycles. The van der Waals surface area contributed by atoms with Crippen LogP contribution >= 0.6 is 0 Å². The third kappa shape index (κ3) is 53.7. The summed E-state index contributed by atoms with van der Waals surface area (Å²) in [5, 5.41) is 0. The van der Waals surface area contributed by atoms with Crippen LogP contribution in [0.3, 0.4) is 0 Å². The molecule has 0 aromatic heterocycles. The molecule has 0 aromatic rings. The van der Waals surface area contributed by atoms with Gasteiger partial charge >= 0.3 is 17.9 Å². The van der Waals surface area contributed by atoms with Crippen LogP contribution in [0.15, 0.2) is 72.9 Å². The minimum absolute atomic E-state index is 0.0848. The Hall–Kier alpha value is -3.15. The third-order valence-corrected chi connectivity index (χ3v) is 12.2. The first kappa shape index (κ1) is 63.8. The van der Waals surface area contributed by atoms with Gasteiger partial charge in [-0.15, -0.1) is 0 Å². The maximum absolute atomic E-state index is 12.8. The highest BCUT2D eigenvalue weighted by molar-refractivity contribution is 5.71. The number of carbonyl (C=O) groups is 3. The Morgan fingerprint density at radius 3 is 0.940 bits per heavy atom. The second-order valence-electron chi connectivity index (χ2n) is 18.8. The van der Waals surface area contributed by atoms with Gasteiger partial charge in [-0.3, -0.25) is 14.4 Å². The van der Waals surface area contributed by atoms with Crippen LogP contribution in [0.1, 0.15) is 278 Å². The number of esters is 3. The average molecular weight is 936 g/mol. The summed E-state index contributed by atoms with van der Waals surface area (Å²) >= 11 is 0. The van der Waals surface area contributed by atoms with E-state index in [0.717, 1.165) is 116 Å². The molecular weight excluding hydrogens is 829 g/mol. The van der Waals surface area contributed by atoms with Gasteiger partial charge in [0.05, 0.1) is 0 Å². The highest BCUT2D eigenvalue weighted by Gasteiger charge is 2.19. The SMILES string of the molecule is CC/C=C\C/C=C\C/C=C\CCCCCCCC(=O)OC(COC(=O)CCCCCCCC/C=C\C/C=C\C/C=C\CCCCC)COC(=O)CCCCCCCCCCCCCCCCC. The predicted octanol–water partition coefficient (Wildman–Crippen LogP) is 19.0. The number of allylic oxidation sites excluding steroid dienone is 12. The molecule has 0 amide bonds. The molecule has 0 aliphatic rings. The van der Waals surface area contributed by atoms with Crippen LogP contribution in [0.4, 0.5) is 0 Å². The second-order valence-corrected chi connectivity index (χ2v) is 18.8. The van der Waals surface area contributed by atoms with E-state index >= 15 is 0 Å². The van der Waals surface area contributed by atoms with Crippen LogP contribution in [0, 0.1) is 0 Å². The van der Waals surface area contributed by atoms with E-state index in [-0.39, 0.29) is 31.1 Å². The van der Waals surface area contributed by atoms with E-state index in [9.17, 15) is 14.4 Å². The molecule has 0 aliphatic heterocycles. The molecule has 0 saturated carbocycles. The number of hydrogen-bond acceptors (Lipinski definition) is 6. The van der Waals surface area contributed by atoms with E-state index < -0.39 is 6.10 Å². The molecule has 1 unspecified atom stereocenters. The summed E-state index contributed by atoms with van der Waals surface area (Å²) in [6.07, 6.45) is 70.3. The number of unbranched alkanes of at least 4 members (excludes halogenated alkanes) is 28. The maximum atomic E-state index is 12.8. The summed E-state index contributed by atoms with van der Waals surface area (Å²) in [6.45, 7) is 6.50. The lowest BCUT2D eigenvalue weighted by molar-refractivity contribution is -0.167. The monoisotopic (exact) mass is 935 g/mol. The fourth-order valence-corrected chi connectivity index (χ4v) is 7.93. The van der Waals surface area contributed by atoms with Gasteiger partial charge in [0.25, 0.3) is 0 Å². The molecule has 0 aromatic carbocycles. The van der Waals surface area contributed by atoms with Crippen molar-refractivity contribution in [1.29, 1.82) is 0 Å². The topological polar surface area (TPSA) is 78.9 Å². The van der Waals surface area contributed by atoms with Crippen molar-refractivity contribution >= 4 is 17.9 Å². The molecule has 0 heterocycles. The molecule has 1 atom stereocenters. The van der Waals surface area contributed by atoms with Gasteiger partial charge in [0, 0.05) is 19.3 Å². The summed E-state index contributed by atoms with van der Waals surface area (Å²) < 4.78 is 16.8. The van der Waals surface area contributed by atoms with Gasteiger partial charge in [0.2, 0.25) is 0 Å². The van der Waals surface area contributed by atoms with Crippen molar-refractivity contribution in [3.63, 3.8) is 0 Å². The van der Waals surface area contributed by atoms with Crippen LogP contribution in [-0.4, -0.2) is 37.2 Å². The zero-order valence-electron chi connectivity index (χ0n) is 44.2. The summed E-state index contributed by atoms with van der Waals surface area (Å²) in [6, 6.07) is 0. The molecule has 0 rings (SSSR count). The lowest BCUT2D eigenvalue weighted by Gasteiger charge is -2.18. The lowest BCUT2D eigenvalue weighted by atomic mass is 10.0. The van der Waals surface area contributed by atoms with Crippen LogP contribution in [0.2, 0.25) is 0 Å². The Labute approximate surface area is 414 Å². The molecule has 6 nitrogen and oxygen atoms in total. The molecule has 0 bridgehead atoms. The standard InChI is InChI=1S/C61H106O6/c1-4-7-10-13-16-19-22-25-28-29-30-31-34-36-39-42-45-48-51-54-60(63)66-57-58(67-61(64)55-52-49-46-43-40-37-33-27-24-21-18-15-12-9-6-3)56-65-59(62)53-50-47-44-41-38-35-32-26-23-20-17-14-11-8-5-2/h9,12,16,18-19,21,25,27-28,30-31,33,58H,4-8,10-11,13-15,17,20,22-24,26,29,32,34-57H2,1-3H3/b12-9-,19-16-,21-18-,28-25-,31-30-,33-27-. The number of rotatable bonds is 51. The van der Waals surface area contributed by atoms with E-state index in [1.54, 1.807) is 0 Å². The zero-order chi connectivity index (χ0) is 48.6. The highest BCUT2D eigenvalue weighted by Crippen LogP contribution is 2.16. The fraction of sp³-hybridized carbons (Fsp3) is 0.754. The molecule has 0 radical (unpaired) electrons. The van der Waals surface area contributed by atoms with Gasteiger partial charge in [-0.05, 0) is 89.9 Å². The van der Waals surface area contributed by atoms with Crippen LogP contribution in [0.25, 0.3) is 0 Å². The summed E-state index contributed by atoms with van der Waals surface area (Å²) in [5.41, 5.74) is 0. The predicted molar refractivity (Wildman–Crippen MR) is 288 cm³/mol. The second kappa shape index (κ2) is 55.4. The number of carbonyl (C=O) groups excluding carboxylic acids is 3. The Bertz CT molecular complexity index is 1260. The van der Waals surface area contributed by atoms with E-state index in [0.29, 0.717) is 19.3 Å². The van der Waals surface area contributed by atoms with E-state index in [1.807, 2.05) is 0 Å². The summed E-state index contributed by atoms with van der Waals surface area (Å²) in [7, 11) is 0. The molecule has 0 spiro atoms. The third-order valence-electron chi connectivity index (χ3n) is 12.2. The van der Waals surface area contributed by atoms with Crippen molar-refractivity contribution < 1.29 is 28.6 Å². The molecule has 6 heteroatoms. The fourth-order valence-electron chi connectivity index (χ4n) is 7.93. The maximum Gasteiger partial charge on any atom is 0.306 e. The summed E-state index contributed by atoms with van der Waals surface area (Å²) in [4.78, 5) is 38.1. The molecule has 0 N–H and O–H groups in total. The molecule has 0 fully saturated rings. The Morgan fingerprint density at radius 1 is 0.313 bits per heavy atom.